The minimum atomic E-state index is 0.393. The summed E-state index contributed by atoms with van der Waals surface area (Å²) in [7, 11) is 0. The molecule has 1 heterocycles. The van der Waals surface area contributed by atoms with Crippen LogP contribution in [0.4, 0.5) is 11.4 Å². The molecule has 26 heavy (non-hydrogen) atoms. The average Bonchev–Trinajstić information content (AvgIpc) is 3.33. The molecule has 2 unspecified atom stereocenters. The highest BCUT2D eigenvalue weighted by Crippen LogP contribution is 2.36. The number of anilines is 1. The van der Waals surface area contributed by atoms with Gasteiger partial charge in [-0.15, -0.1) is 11.3 Å². The van der Waals surface area contributed by atoms with Gasteiger partial charge in [-0.1, -0.05) is 30.3 Å². The zero-order valence-corrected chi connectivity index (χ0v) is 15.7. The van der Waals surface area contributed by atoms with E-state index in [1.165, 1.54) is 24.0 Å². The predicted octanol–water partition coefficient (Wildman–Crippen LogP) is 5.32. The number of rotatable bonds is 5. The van der Waals surface area contributed by atoms with Gasteiger partial charge >= 0.3 is 0 Å². The van der Waals surface area contributed by atoms with Gasteiger partial charge in [0.25, 0.3) is 0 Å². The number of fused-ring (bicyclic) bond motifs is 1. The lowest BCUT2D eigenvalue weighted by molar-refractivity contribution is 0.594. The number of aliphatic imine (C=N–C) groups is 1. The van der Waals surface area contributed by atoms with Crippen LogP contribution in [0.5, 0.6) is 0 Å². The van der Waals surface area contributed by atoms with Crippen LogP contribution in [0.2, 0.25) is 0 Å². The predicted molar refractivity (Wildman–Crippen MR) is 112 cm³/mol. The number of thiophene rings is 1. The molecule has 4 rings (SSSR count). The highest BCUT2D eigenvalue weighted by Gasteiger charge is 2.26. The van der Waals surface area contributed by atoms with Crippen LogP contribution in [0.3, 0.4) is 0 Å². The van der Waals surface area contributed by atoms with Gasteiger partial charge in [0.1, 0.15) is 5.84 Å². The zero-order chi connectivity index (χ0) is 17.9. The highest BCUT2D eigenvalue weighted by molar-refractivity contribution is 7.12. The first-order valence-electron chi connectivity index (χ1n) is 9.03. The second kappa shape index (κ2) is 7.34. The maximum absolute atomic E-state index is 6.06. The molecule has 0 bridgehead atoms. The van der Waals surface area contributed by atoms with E-state index in [-0.39, 0.29) is 0 Å². The quantitative estimate of drug-likeness (QED) is 0.477. The van der Waals surface area contributed by atoms with Gasteiger partial charge in [0.2, 0.25) is 0 Å². The minimum absolute atomic E-state index is 0.393. The van der Waals surface area contributed by atoms with E-state index in [4.69, 9.17) is 5.73 Å². The van der Waals surface area contributed by atoms with Crippen molar-refractivity contribution in [2.24, 2.45) is 10.7 Å². The number of hydrogen-bond acceptors (Lipinski definition) is 3. The van der Waals surface area contributed by atoms with Crippen molar-refractivity contribution < 1.29 is 0 Å². The van der Waals surface area contributed by atoms with Crippen LogP contribution >= 0.6 is 11.3 Å². The van der Waals surface area contributed by atoms with Gasteiger partial charge in [0.15, 0.2) is 0 Å². The molecule has 0 saturated carbocycles. The van der Waals surface area contributed by atoms with Gasteiger partial charge in [0, 0.05) is 17.6 Å². The van der Waals surface area contributed by atoms with Crippen LogP contribution in [0.15, 0.2) is 71.0 Å². The molecule has 2 atom stereocenters. The van der Waals surface area contributed by atoms with E-state index in [1.807, 2.05) is 29.6 Å². The summed E-state index contributed by atoms with van der Waals surface area (Å²) in [6, 6.07) is 21.4. The Morgan fingerprint density at radius 1 is 1.12 bits per heavy atom. The highest BCUT2D eigenvalue weighted by atomic mass is 32.1. The van der Waals surface area contributed by atoms with E-state index >= 15 is 0 Å². The van der Waals surface area contributed by atoms with Gasteiger partial charge in [0.05, 0.1) is 10.6 Å². The minimum Gasteiger partial charge on any atom is -0.383 e. The Morgan fingerprint density at radius 3 is 2.69 bits per heavy atom. The Hall–Kier alpha value is -2.59. The number of amidine groups is 1. The molecule has 1 aromatic heterocycles. The smallest absolute Gasteiger partial charge is 0.141 e. The van der Waals surface area contributed by atoms with E-state index in [1.54, 1.807) is 11.3 Å². The van der Waals surface area contributed by atoms with Crippen LogP contribution in [-0.2, 0) is 6.42 Å². The van der Waals surface area contributed by atoms with Crippen LogP contribution in [0, 0.1) is 0 Å². The molecule has 3 aromatic rings. The Labute approximate surface area is 158 Å². The number of nitrogens with zero attached hydrogens (tertiary/aromatic N) is 1. The molecule has 0 amide bonds. The van der Waals surface area contributed by atoms with Crippen LogP contribution < -0.4 is 11.1 Å². The molecule has 0 radical (unpaired) electrons. The Morgan fingerprint density at radius 2 is 1.92 bits per heavy atom. The SMILES string of the molecule is CC(Nc1ccc(N=C(N)c2cccs2)cc1)C1CCc2ccccc21. The molecule has 3 N–H and O–H groups in total. The third-order valence-corrected chi connectivity index (χ3v) is 5.96. The molecular formula is C22H23N3S. The maximum Gasteiger partial charge on any atom is 0.141 e. The van der Waals surface area contributed by atoms with Gasteiger partial charge in [-0.25, -0.2) is 4.99 Å². The summed E-state index contributed by atoms with van der Waals surface area (Å²) in [6.45, 7) is 2.27. The lowest BCUT2D eigenvalue weighted by Crippen LogP contribution is -2.22. The number of hydrogen-bond donors (Lipinski definition) is 2. The zero-order valence-electron chi connectivity index (χ0n) is 14.9. The molecular weight excluding hydrogens is 338 g/mol. The molecule has 4 heteroatoms. The first-order chi connectivity index (χ1) is 12.7. The first kappa shape index (κ1) is 16.9. The van der Waals surface area contributed by atoms with Crippen molar-refractivity contribution in [1.29, 1.82) is 0 Å². The van der Waals surface area contributed by atoms with Crippen molar-refractivity contribution in [1.82, 2.24) is 0 Å². The lowest BCUT2D eigenvalue weighted by atomic mass is 9.94. The van der Waals surface area contributed by atoms with Crippen molar-refractivity contribution in [3.63, 3.8) is 0 Å². The Kier molecular flexibility index (Phi) is 4.76. The molecule has 0 saturated heterocycles. The number of nitrogens with two attached hydrogens (primary N) is 1. The van der Waals surface area contributed by atoms with E-state index in [0.717, 1.165) is 16.3 Å². The van der Waals surface area contributed by atoms with Crippen LogP contribution in [-0.4, -0.2) is 11.9 Å². The second-order valence-electron chi connectivity index (χ2n) is 6.80. The van der Waals surface area contributed by atoms with E-state index in [2.05, 4.69) is 53.6 Å². The normalized spacial score (nSPS) is 17.7. The lowest BCUT2D eigenvalue weighted by Gasteiger charge is -2.23. The first-order valence-corrected chi connectivity index (χ1v) is 9.91. The summed E-state index contributed by atoms with van der Waals surface area (Å²) >= 11 is 1.60. The Bertz CT molecular complexity index is 897. The van der Waals surface area contributed by atoms with Gasteiger partial charge < -0.3 is 11.1 Å². The second-order valence-corrected chi connectivity index (χ2v) is 7.75. The summed E-state index contributed by atoms with van der Waals surface area (Å²) in [5, 5.41) is 5.66. The summed E-state index contributed by atoms with van der Waals surface area (Å²) in [5.41, 5.74) is 11.1. The Balaban J connectivity index is 1.44. The van der Waals surface area contributed by atoms with Crippen molar-refractivity contribution in [2.75, 3.05) is 5.32 Å². The number of benzene rings is 2. The van der Waals surface area contributed by atoms with Crippen molar-refractivity contribution in [3.05, 3.63) is 82.0 Å². The topological polar surface area (TPSA) is 50.4 Å². The third-order valence-electron chi connectivity index (χ3n) is 5.07. The average molecular weight is 362 g/mol. The molecule has 1 aliphatic carbocycles. The number of nitrogens with one attached hydrogen (secondary N) is 1. The fourth-order valence-electron chi connectivity index (χ4n) is 3.72. The van der Waals surface area contributed by atoms with Gasteiger partial charge in [-0.3, -0.25) is 0 Å². The van der Waals surface area contributed by atoms with Crippen molar-refractivity contribution in [2.45, 2.75) is 31.7 Å². The van der Waals surface area contributed by atoms with Gasteiger partial charge in [-0.2, -0.15) is 0 Å². The molecule has 132 valence electrons. The summed E-state index contributed by atoms with van der Waals surface area (Å²) in [5.74, 6) is 1.13. The van der Waals surface area contributed by atoms with E-state index < -0.39 is 0 Å². The molecule has 0 aliphatic heterocycles. The maximum atomic E-state index is 6.06. The van der Waals surface area contributed by atoms with Crippen molar-refractivity contribution >= 4 is 28.5 Å². The molecule has 0 fully saturated rings. The van der Waals surface area contributed by atoms with E-state index in [0.29, 0.717) is 17.8 Å². The molecule has 1 aliphatic rings. The molecule has 3 nitrogen and oxygen atoms in total. The molecule has 0 spiro atoms. The fourth-order valence-corrected chi connectivity index (χ4v) is 4.35. The largest absolute Gasteiger partial charge is 0.383 e. The number of aryl methyl sites for hydroxylation is 1. The van der Waals surface area contributed by atoms with Crippen LogP contribution in [0.25, 0.3) is 0 Å². The van der Waals surface area contributed by atoms with E-state index in [9.17, 15) is 0 Å². The summed E-state index contributed by atoms with van der Waals surface area (Å²) < 4.78 is 0. The fraction of sp³-hybridized carbons (Fsp3) is 0.227. The standard InChI is InChI=1S/C22H23N3S/c1-15(19-13-8-16-5-2-3-6-20(16)19)24-17-9-11-18(12-10-17)25-22(23)21-7-4-14-26-21/h2-7,9-12,14-15,19,24H,8,13H2,1H3,(H2,23,25). The molecule has 2 aromatic carbocycles. The summed E-state index contributed by atoms with van der Waals surface area (Å²) in [6.07, 6.45) is 2.40. The third kappa shape index (κ3) is 3.51. The summed E-state index contributed by atoms with van der Waals surface area (Å²) in [4.78, 5) is 5.51. The van der Waals surface area contributed by atoms with Gasteiger partial charge in [-0.05, 0) is 66.6 Å². The van der Waals surface area contributed by atoms with Crippen molar-refractivity contribution in [3.8, 4) is 0 Å². The monoisotopic (exact) mass is 361 g/mol. The van der Waals surface area contributed by atoms with Crippen LogP contribution in [0.1, 0.15) is 35.3 Å².